The number of thioether (sulfide) groups is 1. The van der Waals surface area contributed by atoms with E-state index >= 15 is 0 Å². The van der Waals surface area contributed by atoms with Crippen molar-refractivity contribution in [3.05, 3.63) is 0 Å². The van der Waals surface area contributed by atoms with E-state index in [9.17, 15) is 14.4 Å². The molecule has 0 bridgehead atoms. The van der Waals surface area contributed by atoms with E-state index in [1.807, 2.05) is 0 Å². The molecule has 1 saturated heterocycles. The van der Waals surface area contributed by atoms with Crippen molar-refractivity contribution in [2.24, 2.45) is 5.92 Å². The van der Waals surface area contributed by atoms with Crippen LogP contribution in [-0.2, 0) is 9.59 Å². The fraction of sp³-hybridized carbons (Fsp3) is 0.769. The van der Waals surface area contributed by atoms with Crippen LogP contribution in [0.4, 0.5) is 4.79 Å². The zero-order valence-corrected chi connectivity index (χ0v) is 12.2. The summed E-state index contributed by atoms with van der Waals surface area (Å²) < 4.78 is 0. The van der Waals surface area contributed by atoms with Gasteiger partial charge in [-0.15, -0.1) is 0 Å². The van der Waals surface area contributed by atoms with Gasteiger partial charge in [-0.1, -0.05) is 11.8 Å². The Morgan fingerprint density at radius 2 is 2.00 bits per heavy atom. The lowest BCUT2D eigenvalue weighted by atomic mass is 9.86. The summed E-state index contributed by atoms with van der Waals surface area (Å²) in [6.07, 6.45) is 3.02. The summed E-state index contributed by atoms with van der Waals surface area (Å²) in [5, 5.41) is 11.9. The minimum absolute atomic E-state index is 0.0477. The molecule has 0 spiro atoms. The third kappa shape index (κ3) is 4.13. The molecule has 1 aliphatic heterocycles. The van der Waals surface area contributed by atoms with Crippen LogP contribution in [0.3, 0.4) is 0 Å². The van der Waals surface area contributed by atoms with Gasteiger partial charge in [0.15, 0.2) is 0 Å². The van der Waals surface area contributed by atoms with Crippen LogP contribution < -0.4 is 5.32 Å². The molecule has 0 atom stereocenters. The molecule has 2 N–H and O–H groups in total. The molecule has 0 aromatic heterocycles. The number of carbonyl (C=O) groups excluding carboxylic acids is 2. The summed E-state index contributed by atoms with van der Waals surface area (Å²) in [5.41, 5.74) is 0. The van der Waals surface area contributed by atoms with Crippen molar-refractivity contribution in [2.45, 2.75) is 38.1 Å². The SMILES string of the molecule is O=C(CCN1CCSC1=O)NC1CCC(C(=O)O)CC1. The number of carboxylic acid groups (broad SMARTS) is 1. The third-order valence-corrected chi connectivity index (χ3v) is 4.79. The Labute approximate surface area is 122 Å². The van der Waals surface area contributed by atoms with Crippen LogP contribution in [0.15, 0.2) is 0 Å². The van der Waals surface area contributed by atoms with E-state index < -0.39 is 5.97 Å². The minimum atomic E-state index is -0.736. The molecule has 0 radical (unpaired) electrons. The first-order valence-corrected chi connectivity index (χ1v) is 7.98. The molecule has 0 unspecified atom stereocenters. The monoisotopic (exact) mass is 300 g/mol. The average Bonchev–Trinajstić information content (AvgIpc) is 2.82. The maximum absolute atomic E-state index is 11.8. The molecule has 0 aromatic carbocycles. The van der Waals surface area contributed by atoms with E-state index in [1.165, 1.54) is 11.8 Å². The molecule has 1 heterocycles. The van der Waals surface area contributed by atoms with E-state index in [2.05, 4.69) is 5.32 Å². The zero-order valence-electron chi connectivity index (χ0n) is 11.3. The number of nitrogens with one attached hydrogen (secondary N) is 1. The first-order valence-electron chi connectivity index (χ1n) is 7.00. The Morgan fingerprint density at radius 1 is 1.30 bits per heavy atom. The van der Waals surface area contributed by atoms with Gasteiger partial charge in [0.2, 0.25) is 5.91 Å². The molecule has 2 aliphatic rings. The average molecular weight is 300 g/mol. The highest BCUT2D eigenvalue weighted by molar-refractivity contribution is 8.13. The number of carbonyl (C=O) groups is 3. The maximum atomic E-state index is 11.8. The highest BCUT2D eigenvalue weighted by atomic mass is 32.2. The smallest absolute Gasteiger partial charge is 0.306 e. The number of hydrogen-bond acceptors (Lipinski definition) is 4. The Balaban J connectivity index is 1.65. The molecular formula is C13H20N2O4S. The van der Waals surface area contributed by atoms with Gasteiger partial charge >= 0.3 is 5.97 Å². The van der Waals surface area contributed by atoms with Crippen molar-refractivity contribution in [1.29, 1.82) is 0 Å². The molecule has 2 rings (SSSR count). The summed E-state index contributed by atoms with van der Waals surface area (Å²) in [4.78, 5) is 35.7. The topological polar surface area (TPSA) is 86.7 Å². The van der Waals surface area contributed by atoms with Crippen LogP contribution >= 0.6 is 11.8 Å². The molecule has 7 heteroatoms. The van der Waals surface area contributed by atoms with Crippen molar-refractivity contribution in [3.63, 3.8) is 0 Å². The van der Waals surface area contributed by atoms with Gasteiger partial charge in [0.05, 0.1) is 5.92 Å². The fourth-order valence-electron chi connectivity index (χ4n) is 2.65. The highest BCUT2D eigenvalue weighted by Gasteiger charge is 2.27. The molecular weight excluding hydrogens is 280 g/mol. The Hall–Kier alpha value is -1.24. The van der Waals surface area contributed by atoms with Crippen LogP contribution in [0.2, 0.25) is 0 Å². The number of amides is 2. The Kier molecular flexibility index (Phi) is 5.28. The lowest BCUT2D eigenvalue weighted by molar-refractivity contribution is -0.142. The number of nitrogens with zero attached hydrogens (tertiary/aromatic N) is 1. The van der Waals surface area contributed by atoms with Crippen LogP contribution in [0.1, 0.15) is 32.1 Å². The summed E-state index contributed by atoms with van der Waals surface area (Å²) in [7, 11) is 0. The van der Waals surface area contributed by atoms with E-state index in [4.69, 9.17) is 5.11 Å². The van der Waals surface area contributed by atoms with E-state index in [0.29, 0.717) is 25.8 Å². The molecule has 2 fully saturated rings. The predicted octanol–water partition coefficient (Wildman–Crippen LogP) is 1.30. The molecule has 2 amide bonds. The van der Waals surface area contributed by atoms with Crippen molar-refractivity contribution in [1.82, 2.24) is 10.2 Å². The lowest BCUT2D eigenvalue weighted by Crippen LogP contribution is -2.40. The number of hydrogen-bond donors (Lipinski definition) is 2. The van der Waals surface area contributed by atoms with Gasteiger partial charge in [-0.3, -0.25) is 14.4 Å². The molecule has 112 valence electrons. The molecule has 0 aromatic rings. The van der Waals surface area contributed by atoms with Gasteiger partial charge in [0.1, 0.15) is 0 Å². The largest absolute Gasteiger partial charge is 0.481 e. The molecule has 1 saturated carbocycles. The van der Waals surface area contributed by atoms with Gasteiger partial charge in [-0.05, 0) is 25.7 Å². The minimum Gasteiger partial charge on any atom is -0.481 e. The first-order chi connectivity index (χ1) is 9.56. The Bertz CT molecular complexity index is 394. The number of aliphatic carboxylic acids is 1. The van der Waals surface area contributed by atoms with Crippen molar-refractivity contribution >= 4 is 28.9 Å². The van der Waals surface area contributed by atoms with Crippen molar-refractivity contribution in [2.75, 3.05) is 18.8 Å². The van der Waals surface area contributed by atoms with Gasteiger partial charge in [0, 0.05) is 31.3 Å². The first kappa shape index (κ1) is 15.2. The number of rotatable bonds is 5. The summed E-state index contributed by atoms with van der Waals surface area (Å²) in [6.45, 7) is 1.20. The summed E-state index contributed by atoms with van der Waals surface area (Å²) in [5.74, 6) is -0.240. The quantitative estimate of drug-likeness (QED) is 0.799. The highest BCUT2D eigenvalue weighted by Crippen LogP contribution is 2.24. The van der Waals surface area contributed by atoms with Crippen LogP contribution in [-0.4, -0.2) is 52.0 Å². The Morgan fingerprint density at radius 3 is 2.55 bits per heavy atom. The van der Waals surface area contributed by atoms with E-state index in [-0.39, 0.29) is 23.1 Å². The lowest BCUT2D eigenvalue weighted by Gasteiger charge is -2.27. The van der Waals surface area contributed by atoms with Crippen molar-refractivity contribution in [3.8, 4) is 0 Å². The maximum Gasteiger partial charge on any atom is 0.306 e. The van der Waals surface area contributed by atoms with Gasteiger partial charge < -0.3 is 15.3 Å². The molecule has 20 heavy (non-hydrogen) atoms. The van der Waals surface area contributed by atoms with E-state index in [0.717, 1.165) is 25.1 Å². The zero-order chi connectivity index (χ0) is 14.5. The second-order valence-corrected chi connectivity index (χ2v) is 6.35. The van der Waals surface area contributed by atoms with Crippen molar-refractivity contribution < 1.29 is 19.5 Å². The molecule has 6 nitrogen and oxygen atoms in total. The third-order valence-electron chi connectivity index (χ3n) is 3.90. The van der Waals surface area contributed by atoms with Gasteiger partial charge in [-0.25, -0.2) is 0 Å². The molecule has 1 aliphatic carbocycles. The van der Waals surface area contributed by atoms with Gasteiger partial charge in [0.25, 0.3) is 5.24 Å². The summed E-state index contributed by atoms with van der Waals surface area (Å²) in [6, 6.07) is 0.0850. The second kappa shape index (κ2) is 6.97. The number of carboxylic acids is 1. The van der Waals surface area contributed by atoms with E-state index in [1.54, 1.807) is 4.90 Å². The summed E-state index contributed by atoms with van der Waals surface area (Å²) >= 11 is 1.30. The normalized spacial score (nSPS) is 26.6. The van der Waals surface area contributed by atoms with Crippen LogP contribution in [0.25, 0.3) is 0 Å². The van der Waals surface area contributed by atoms with Gasteiger partial charge in [-0.2, -0.15) is 0 Å². The second-order valence-electron chi connectivity index (χ2n) is 5.31. The predicted molar refractivity (Wildman–Crippen MR) is 75.6 cm³/mol. The van der Waals surface area contributed by atoms with Crippen LogP contribution in [0, 0.1) is 5.92 Å². The fourth-order valence-corrected chi connectivity index (χ4v) is 3.50. The van der Waals surface area contributed by atoms with Crippen LogP contribution in [0.5, 0.6) is 0 Å². The standard InChI is InChI=1S/C13H20N2O4S/c16-11(5-6-15-7-8-20-13(15)19)14-10-3-1-9(2-4-10)12(17)18/h9-10H,1-8H2,(H,14,16)(H,17,18).